The summed E-state index contributed by atoms with van der Waals surface area (Å²) in [4.78, 5) is 22.1. The molecule has 1 N–H and O–H groups in total. The molecule has 0 aliphatic heterocycles. The Morgan fingerprint density at radius 3 is 2.77 bits per heavy atom. The Morgan fingerprint density at radius 1 is 1.54 bits per heavy atom. The number of nitrogens with one attached hydrogen (secondary N) is 1. The van der Waals surface area contributed by atoms with Gasteiger partial charge in [0.15, 0.2) is 5.78 Å². The summed E-state index contributed by atoms with van der Waals surface area (Å²) in [6.07, 6.45) is 0.462. The summed E-state index contributed by atoms with van der Waals surface area (Å²) in [5.41, 5.74) is 0.614. The normalized spacial score (nSPS) is 9.69. The van der Waals surface area contributed by atoms with Crippen LogP contribution in [-0.4, -0.2) is 11.7 Å². The predicted molar refractivity (Wildman–Crippen MR) is 53.2 cm³/mol. The van der Waals surface area contributed by atoms with Crippen LogP contribution in [0.25, 0.3) is 0 Å². The number of carbonyl (C=O) groups excluding carboxylic acids is 2. The Labute approximate surface area is 80.8 Å². The fraction of sp³-hybridized carbons (Fsp3) is 0.333. The van der Waals surface area contributed by atoms with Crippen molar-refractivity contribution in [3.63, 3.8) is 0 Å². The smallest absolute Gasteiger partial charge is 0.221 e. The van der Waals surface area contributed by atoms with Gasteiger partial charge in [0.1, 0.15) is 5.00 Å². The van der Waals surface area contributed by atoms with E-state index in [1.807, 2.05) is 0 Å². The van der Waals surface area contributed by atoms with E-state index in [0.717, 1.165) is 0 Å². The van der Waals surface area contributed by atoms with E-state index in [1.165, 1.54) is 18.3 Å². The van der Waals surface area contributed by atoms with Crippen LogP contribution in [-0.2, 0) is 4.79 Å². The lowest BCUT2D eigenvalue weighted by Crippen LogP contribution is -2.08. The molecule has 1 aromatic heterocycles. The first-order valence-corrected chi connectivity index (χ1v) is 4.91. The number of amides is 1. The molecule has 0 aliphatic carbocycles. The van der Waals surface area contributed by atoms with Gasteiger partial charge in [-0.1, -0.05) is 6.92 Å². The van der Waals surface area contributed by atoms with Gasteiger partial charge < -0.3 is 5.32 Å². The Kier molecular flexibility index (Phi) is 3.19. The minimum atomic E-state index is -0.146. The van der Waals surface area contributed by atoms with Gasteiger partial charge in [0.05, 0.1) is 5.56 Å². The molecule has 1 aromatic rings. The molecule has 0 atom stereocenters. The minimum absolute atomic E-state index is 0.0602. The van der Waals surface area contributed by atoms with E-state index < -0.39 is 0 Å². The highest BCUT2D eigenvalue weighted by molar-refractivity contribution is 7.14. The van der Waals surface area contributed by atoms with Gasteiger partial charge in [-0.15, -0.1) is 11.3 Å². The SMILES string of the molecule is CCC(=O)c1ccsc1NC(C)=O. The van der Waals surface area contributed by atoms with Crippen LogP contribution in [0.3, 0.4) is 0 Å². The molecule has 3 nitrogen and oxygen atoms in total. The van der Waals surface area contributed by atoms with E-state index in [2.05, 4.69) is 5.32 Å². The molecular weight excluding hydrogens is 186 g/mol. The molecule has 0 saturated heterocycles. The zero-order valence-corrected chi connectivity index (χ0v) is 8.40. The van der Waals surface area contributed by atoms with Crippen molar-refractivity contribution in [1.29, 1.82) is 0 Å². The molecule has 0 saturated carbocycles. The van der Waals surface area contributed by atoms with Crippen molar-refractivity contribution < 1.29 is 9.59 Å². The lowest BCUT2D eigenvalue weighted by Gasteiger charge is -2.00. The molecule has 0 aromatic carbocycles. The second-order valence-electron chi connectivity index (χ2n) is 2.62. The van der Waals surface area contributed by atoms with E-state index in [1.54, 1.807) is 18.4 Å². The largest absolute Gasteiger partial charge is 0.317 e. The first-order valence-electron chi connectivity index (χ1n) is 4.03. The molecule has 4 heteroatoms. The van der Waals surface area contributed by atoms with Gasteiger partial charge in [-0.2, -0.15) is 0 Å². The van der Waals surface area contributed by atoms with E-state index in [0.29, 0.717) is 17.0 Å². The number of thiophene rings is 1. The lowest BCUT2D eigenvalue weighted by atomic mass is 10.2. The maximum absolute atomic E-state index is 11.3. The number of ketones is 1. The number of anilines is 1. The summed E-state index contributed by atoms with van der Waals surface area (Å²) in [7, 11) is 0. The average molecular weight is 197 g/mol. The highest BCUT2D eigenvalue weighted by Crippen LogP contribution is 2.24. The van der Waals surface area contributed by atoms with Crippen molar-refractivity contribution in [2.75, 3.05) is 5.32 Å². The highest BCUT2D eigenvalue weighted by atomic mass is 32.1. The van der Waals surface area contributed by atoms with E-state index >= 15 is 0 Å². The number of Topliss-reactive ketones (excluding diaryl/α,β-unsaturated/α-hetero) is 1. The zero-order chi connectivity index (χ0) is 9.84. The van der Waals surface area contributed by atoms with Crippen LogP contribution in [0.4, 0.5) is 5.00 Å². The molecular formula is C9H11NO2S. The number of rotatable bonds is 3. The maximum atomic E-state index is 11.3. The summed E-state index contributed by atoms with van der Waals surface area (Å²) in [6.45, 7) is 3.23. The summed E-state index contributed by atoms with van der Waals surface area (Å²) >= 11 is 1.37. The fourth-order valence-corrected chi connectivity index (χ4v) is 1.83. The molecule has 0 aliphatic rings. The van der Waals surface area contributed by atoms with E-state index in [4.69, 9.17) is 0 Å². The van der Waals surface area contributed by atoms with Gasteiger partial charge in [0, 0.05) is 13.3 Å². The summed E-state index contributed by atoms with van der Waals surface area (Å²) < 4.78 is 0. The van der Waals surface area contributed by atoms with Crippen LogP contribution in [0.5, 0.6) is 0 Å². The van der Waals surface area contributed by atoms with Crippen LogP contribution in [0.2, 0.25) is 0 Å². The molecule has 1 amide bonds. The first kappa shape index (κ1) is 9.92. The first-order chi connectivity index (χ1) is 6.15. The topological polar surface area (TPSA) is 46.2 Å². The van der Waals surface area contributed by atoms with Crippen molar-refractivity contribution >= 4 is 28.0 Å². The van der Waals surface area contributed by atoms with Crippen LogP contribution >= 0.6 is 11.3 Å². The van der Waals surface area contributed by atoms with Crippen molar-refractivity contribution in [3.05, 3.63) is 17.0 Å². The summed E-state index contributed by atoms with van der Waals surface area (Å²) in [5, 5.41) is 5.08. The Hall–Kier alpha value is -1.16. The number of carbonyl (C=O) groups is 2. The number of hydrogen-bond donors (Lipinski definition) is 1. The molecule has 0 fully saturated rings. The van der Waals surface area contributed by atoms with Gasteiger partial charge in [-0.25, -0.2) is 0 Å². The van der Waals surface area contributed by atoms with Crippen LogP contribution in [0.15, 0.2) is 11.4 Å². The molecule has 0 radical (unpaired) electrons. The van der Waals surface area contributed by atoms with Gasteiger partial charge >= 0.3 is 0 Å². The van der Waals surface area contributed by atoms with E-state index in [9.17, 15) is 9.59 Å². The third-order valence-electron chi connectivity index (χ3n) is 1.58. The third kappa shape index (κ3) is 2.39. The summed E-state index contributed by atoms with van der Waals surface area (Å²) in [6, 6.07) is 1.74. The summed E-state index contributed by atoms with van der Waals surface area (Å²) in [5.74, 6) is -0.0856. The average Bonchev–Trinajstić information content (AvgIpc) is 2.50. The maximum Gasteiger partial charge on any atom is 0.221 e. The van der Waals surface area contributed by atoms with Crippen molar-refractivity contribution in [3.8, 4) is 0 Å². The quantitative estimate of drug-likeness (QED) is 0.756. The molecule has 1 rings (SSSR count). The van der Waals surface area contributed by atoms with Crippen molar-refractivity contribution in [2.45, 2.75) is 20.3 Å². The van der Waals surface area contributed by atoms with Crippen molar-refractivity contribution in [1.82, 2.24) is 0 Å². The number of hydrogen-bond acceptors (Lipinski definition) is 3. The van der Waals surface area contributed by atoms with Crippen LogP contribution in [0, 0.1) is 0 Å². The van der Waals surface area contributed by atoms with Crippen molar-refractivity contribution in [2.24, 2.45) is 0 Å². The standard InChI is InChI=1S/C9H11NO2S/c1-3-8(12)7-4-5-13-9(7)10-6(2)11/h4-5H,3H2,1-2H3,(H,10,11). The zero-order valence-electron chi connectivity index (χ0n) is 7.59. The highest BCUT2D eigenvalue weighted by Gasteiger charge is 2.11. The Balaban J connectivity index is 2.89. The minimum Gasteiger partial charge on any atom is -0.317 e. The predicted octanol–water partition coefficient (Wildman–Crippen LogP) is 2.30. The fourth-order valence-electron chi connectivity index (χ4n) is 0.976. The third-order valence-corrected chi connectivity index (χ3v) is 2.41. The molecule has 70 valence electrons. The van der Waals surface area contributed by atoms with Gasteiger partial charge in [0.25, 0.3) is 0 Å². The second kappa shape index (κ2) is 4.18. The molecule has 0 unspecified atom stereocenters. The van der Waals surface area contributed by atoms with Crippen LogP contribution in [0.1, 0.15) is 30.6 Å². The molecule has 0 bridgehead atoms. The lowest BCUT2D eigenvalue weighted by molar-refractivity contribution is -0.114. The Morgan fingerprint density at radius 2 is 2.23 bits per heavy atom. The van der Waals surface area contributed by atoms with E-state index in [-0.39, 0.29) is 11.7 Å². The van der Waals surface area contributed by atoms with Gasteiger partial charge in [0.2, 0.25) is 5.91 Å². The molecule has 0 spiro atoms. The Bertz CT molecular complexity index is 330. The monoisotopic (exact) mass is 197 g/mol. The molecule has 1 heterocycles. The van der Waals surface area contributed by atoms with Gasteiger partial charge in [-0.05, 0) is 11.4 Å². The van der Waals surface area contributed by atoms with Gasteiger partial charge in [-0.3, -0.25) is 9.59 Å². The molecule has 13 heavy (non-hydrogen) atoms. The van der Waals surface area contributed by atoms with Crippen LogP contribution < -0.4 is 5.32 Å². The second-order valence-corrected chi connectivity index (χ2v) is 3.54.